The molecular weight excluding hydrogens is 192 g/mol. The van der Waals surface area contributed by atoms with Crippen LogP contribution in [0.25, 0.3) is 0 Å². The van der Waals surface area contributed by atoms with E-state index in [1.165, 1.54) is 0 Å². The number of hydrogen-bond donors (Lipinski definition) is 2. The summed E-state index contributed by atoms with van der Waals surface area (Å²) in [6.07, 6.45) is 1.47. The zero-order valence-electron chi connectivity index (χ0n) is 6.68. The fourth-order valence-electron chi connectivity index (χ4n) is 0.989. The van der Waals surface area contributed by atoms with E-state index in [9.17, 15) is 19.2 Å². The van der Waals surface area contributed by atoms with Gasteiger partial charge in [0.05, 0.1) is 0 Å². The van der Waals surface area contributed by atoms with Crippen molar-refractivity contribution < 1.29 is 29.4 Å². The molecule has 1 rings (SSSR count). The molecule has 0 aliphatic heterocycles. The van der Waals surface area contributed by atoms with Crippen LogP contribution in [0.4, 0.5) is 0 Å². The van der Waals surface area contributed by atoms with Crippen molar-refractivity contribution in [3.63, 3.8) is 0 Å². The molecule has 6 heteroatoms. The number of carboxylic acid groups (broad SMARTS) is 2. The molecule has 6 nitrogen and oxygen atoms in total. The number of carbonyl (C=O) groups is 4. The van der Waals surface area contributed by atoms with Gasteiger partial charge in [-0.2, -0.15) is 0 Å². The van der Waals surface area contributed by atoms with Gasteiger partial charge >= 0.3 is 11.9 Å². The van der Waals surface area contributed by atoms with Crippen LogP contribution < -0.4 is 0 Å². The van der Waals surface area contributed by atoms with Gasteiger partial charge in [-0.15, -0.1) is 0 Å². The average molecular weight is 196 g/mol. The van der Waals surface area contributed by atoms with Gasteiger partial charge in [-0.1, -0.05) is 0 Å². The summed E-state index contributed by atoms with van der Waals surface area (Å²) >= 11 is 0. The molecule has 0 aromatic heterocycles. The number of allylic oxidation sites excluding steroid dienone is 2. The van der Waals surface area contributed by atoms with Crippen LogP contribution in [0.5, 0.6) is 0 Å². The minimum absolute atomic E-state index is 0.734. The van der Waals surface area contributed by atoms with E-state index >= 15 is 0 Å². The summed E-state index contributed by atoms with van der Waals surface area (Å²) < 4.78 is 0. The number of hydrogen-bond acceptors (Lipinski definition) is 4. The van der Waals surface area contributed by atoms with Gasteiger partial charge in [0.25, 0.3) is 0 Å². The fourth-order valence-corrected chi connectivity index (χ4v) is 0.989. The second-order valence-corrected chi connectivity index (χ2v) is 2.42. The third-order valence-corrected chi connectivity index (χ3v) is 1.56. The maximum atomic E-state index is 11.0. The summed E-state index contributed by atoms with van der Waals surface area (Å²) in [6.45, 7) is 0. The van der Waals surface area contributed by atoms with Gasteiger partial charge in [0, 0.05) is 0 Å². The largest absolute Gasteiger partial charge is 0.478 e. The Morgan fingerprint density at radius 1 is 0.857 bits per heavy atom. The van der Waals surface area contributed by atoms with Crippen molar-refractivity contribution in [1.82, 2.24) is 0 Å². The topological polar surface area (TPSA) is 109 Å². The Bertz CT molecular complexity index is 374. The first kappa shape index (κ1) is 9.85. The van der Waals surface area contributed by atoms with Gasteiger partial charge in [-0.25, -0.2) is 9.59 Å². The lowest BCUT2D eigenvalue weighted by Crippen LogP contribution is -2.25. The zero-order valence-corrected chi connectivity index (χ0v) is 6.68. The summed E-state index contributed by atoms with van der Waals surface area (Å²) in [5, 5.41) is 17.0. The van der Waals surface area contributed by atoms with Gasteiger partial charge in [0.2, 0.25) is 0 Å². The van der Waals surface area contributed by atoms with E-state index < -0.39 is 34.7 Å². The molecule has 2 N–H and O–H groups in total. The Morgan fingerprint density at radius 3 is 1.36 bits per heavy atom. The van der Waals surface area contributed by atoms with Crippen molar-refractivity contribution in [3.8, 4) is 0 Å². The highest BCUT2D eigenvalue weighted by Gasteiger charge is 2.32. The third kappa shape index (κ3) is 1.45. The van der Waals surface area contributed by atoms with Gasteiger partial charge in [-0.05, 0) is 12.2 Å². The Morgan fingerprint density at radius 2 is 1.14 bits per heavy atom. The van der Waals surface area contributed by atoms with Gasteiger partial charge in [0.1, 0.15) is 11.1 Å². The van der Waals surface area contributed by atoms with E-state index in [0.717, 1.165) is 12.2 Å². The van der Waals surface area contributed by atoms with Crippen LogP contribution >= 0.6 is 0 Å². The van der Waals surface area contributed by atoms with Crippen LogP contribution in [0.3, 0.4) is 0 Å². The smallest absolute Gasteiger partial charge is 0.340 e. The second-order valence-electron chi connectivity index (χ2n) is 2.42. The highest BCUT2D eigenvalue weighted by atomic mass is 16.4. The van der Waals surface area contributed by atoms with Gasteiger partial charge in [-0.3, -0.25) is 9.59 Å². The molecule has 0 fully saturated rings. The number of carbonyl (C=O) groups excluding carboxylic acids is 2. The average Bonchev–Trinajstić information content (AvgIpc) is 2.07. The van der Waals surface area contributed by atoms with Crippen molar-refractivity contribution >= 4 is 23.5 Å². The molecule has 0 saturated heterocycles. The molecule has 1 aliphatic carbocycles. The molecule has 0 aromatic carbocycles. The van der Waals surface area contributed by atoms with Crippen molar-refractivity contribution in [1.29, 1.82) is 0 Å². The minimum Gasteiger partial charge on any atom is -0.478 e. The molecule has 0 heterocycles. The third-order valence-electron chi connectivity index (χ3n) is 1.56. The van der Waals surface area contributed by atoms with Crippen LogP contribution in [0.1, 0.15) is 0 Å². The quantitative estimate of drug-likeness (QED) is 0.440. The standard InChI is InChI=1S/C8H4O6/c9-3-1-2-4(10)6(8(13)14)5(3)7(11)12/h1-2H,(H,11,12)(H,13,14). The fraction of sp³-hybridized carbons (Fsp3) is 0. The lowest BCUT2D eigenvalue weighted by molar-refractivity contribution is -0.138. The first-order valence-electron chi connectivity index (χ1n) is 3.42. The summed E-state index contributed by atoms with van der Waals surface area (Å²) in [6, 6.07) is 0. The molecular formula is C8H4O6. The molecule has 0 atom stereocenters. The lowest BCUT2D eigenvalue weighted by atomic mass is 9.95. The first-order valence-corrected chi connectivity index (χ1v) is 3.42. The zero-order chi connectivity index (χ0) is 10.9. The Labute approximate surface area is 77.1 Å². The molecule has 1 aliphatic rings. The number of carboxylic acids is 2. The van der Waals surface area contributed by atoms with E-state index in [-0.39, 0.29) is 0 Å². The van der Waals surface area contributed by atoms with E-state index in [0.29, 0.717) is 0 Å². The molecule has 0 unspecified atom stereocenters. The molecule has 0 amide bonds. The highest BCUT2D eigenvalue weighted by molar-refractivity contribution is 6.37. The summed E-state index contributed by atoms with van der Waals surface area (Å²) in [4.78, 5) is 42.9. The molecule has 72 valence electrons. The van der Waals surface area contributed by atoms with Crippen LogP contribution in [-0.4, -0.2) is 33.7 Å². The maximum absolute atomic E-state index is 11.0. The van der Waals surface area contributed by atoms with Crippen molar-refractivity contribution in [2.75, 3.05) is 0 Å². The van der Waals surface area contributed by atoms with Crippen LogP contribution in [0.2, 0.25) is 0 Å². The van der Waals surface area contributed by atoms with Gasteiger partial charge < -0.3 is 10.2 Å². The summed E-state index contributed by atoms with van der Waals surface area (Å²) in [5.74, 6) is -5.42. The van der Waals surface area contributed by atoms with E-state index in [1.54, 1.807) is 0 Å². The van der Waals surface area contributed by atoms with Crippen molar-refractivity contribution in [3.05, 3.63) is 23.3 Å². The normalized spacial score (nSPS) is 16.0. The van der Waals surface area contributed by atoms with Crippen LogP contribution in [0, 0.1) is 0 Å². The molecule has 0 saturated carbocycles. The van der Waals surface area contributed by atoms with Crippen molar-refractivity contribution in [2.45, 2.75) is 0 Å². The molecule has 0 radical (unpaired) electrons. The van der Waals surface area contributed by atoms with E-state index in [4.69, 9.17) is 10.2 Å². The predicted octanol–water partition coefficient (Wildman–Crippen LogP) is -0.840. The van der Waals surface area contributed by atoms with Gasteiger partial charge in [0.15, 0.2) is 11.6 Å². The van der Waals surface area contributed by atoms with E-state index in [2.05, 4.69) is 0 Å². The molecule has 14 heavy (non-hydrogen) atoms. The summed E-state index contributed by atoms with van der Waals surface area (Å²) in [5.41, 5.74) is -1.99. The summed E-state index contributed by atoms with van der Waals surface area (Å²) in [7, 11) is 0. The first-order chi connectivity index (χ1) is 6.45. The molecule has 0 spiro atoms. The van der Waals surface area contributed by atoms with Crippen molar-refractivity contribution in [2.24, 2.45) is 0 Å². The second kappa shape index (κ2) is 3.25. The molecule has 0 bridgehead atoms. The lowest BCUT2D eigenvalue weighted by Gasteiger charge is -2.06. The van der Waals surface area contributed by atoms with Crippen LogP contribution in [-0.2, 0) is 19.2 Å². The minimum atomic E-state index is -1.72. The number of ketones is 2. The molecule has 0 aromatic rings. The predicted molar refractivity (Wildman–Crippen MR) is 41.5 cm³/mol. The number of rotatable bonds is 2. The monoisotopic (exact) mass is 196 g/mol. The number of aliphatic carboxylic acids is 2. The van der Waals surface area contributed by atoms with E-state index in [1.807, 2.05) is 0 Å². The Hall–Kier alpha value is -2.24. The Kier molecular flexibility index (Phi) is 2.29. The SMILES string of the molecule is O=C(O)C1=C(C(=O)O)C(=O)C=CC1=O. The van der Waals surface area contributed by atoms with Crippen LogP contribution in [0.15, 0.2) is 23.3 Å². The highest BCUT2D eigenvalue weighted by Crippen LogP contribution is 2.14. The Balaban J connectivity index is 3.42. The maximum Gasteiger partial charge on any atom is 0.340 e.